The van der Waals surface area contributed by atoms with Crippen molar-refractivity contribution in [3.8, 4) is 5.75 Å². The summed E-state index contributed by atoms with van der Waals surface area (Å²) in [5.41, 5.74) is 0. The molecule has 162 valence electrons. The minimum absolute atomic E-state index is 0.0962. The maximum absolute atomic E-state index is 12.0. The lowest BCUT2D eigenvalue weighted by atomic mass is 10.3. The van der Waals surface area contributed by atoms with Crippen LogP contribution >= 0.6 is 11.6 Å². The molecule has 0 fully saturated rings. The van der Waals surface area contributed by atoms with E-state index in [4.69, 9.17) is 35.3 Å². The molecule has 0 aliphatic rings. The number of alkyl carbamates (subject to hydrolysis) is 1. The molecule has 29 heavy (non-hydrogen) atoms. The van der Waals surface area contributed by atoms with Crippen LogP contribution in [0.2, 0.25) is 5.02 Å². The van der Waals surface area contributed by atoms with E-state index in [1.54, 1.807) is 38.1 Å². The van der Waals surface area contributed by atoms with E-state index >= 15 is 0 Å². The van der Waals surface area contributed by atoms with Crippen LogP contribution in [-0.4, -0.2) is 50.4 Å². The maximum atomic E-state index is 12.0. The molecule has 1 aromatic rings. The van der Waals surface area contributed by atoms with Crippen LogP contribution in [0.5, 0.6) is 5.75 Å². The summed E-state index contributed by atoms with van der Waals surface area (Å²) in [6.07, 6.45) is -0.356. The highest BCUT2D eigenvalue weighted by atomic mass is 35.5. The van der Waals surface area contributed by atoms with Crippen molar-refractivity contribution in [1.29, 1.82) is 0 Å². The number of nitrogens with one attached hydrogen (secondary N) is 1. The van der Waals surface area contributed by atoms with Crippen LogP contribution in [0.25, 0.3) is 0 Å². The molecule has 0 unspecified atom stereocenters. The Morgan fingerprint density at radius 1 is 1.03 bits per heavy atom. The van der Waals surface area contributed by atoms with Crippen LogP contribution in [0.4, 0.5) is 4.79 Å². The average molecular weight is 432 g/mol. The highest BCUT2D eigenvalue weighted by Gasteiger charge is 2.37. The predicted molar refractivity (Wildman–Crippen MR) is 103 cm³/mol. The van der Waals surface area contributed by atoms with Gasteiger partial charge in [-0.3, -0.25) is 4.79 Å². The Labute approximate surface area is 174 Å². The third-order valence-electron chi connectivity index (χ3n) is 3.46. The summed E-state index contributed by atoms with van der Waals surface area (Å²) in [6, 6.07) is 6.39. The van der Waals surface area contributed by atoms with Crippen molar-refractivity contribution in [2.24, 2.45) is 0 Å². The van der Waals surface area contributed by atoms with Gasteiger partial charge in [0.1, 0.15) is 5.75 Å². The molecular weight excluding hydrogens is 406 g/mol. The maximum Gasteiger partial charge on any atom is 0.410 e. The zero-order valence-corrected chi connectivity index (χ0v) is 17.5. The molecule has 10 heteroatoms. The van der Waals surface area contributed by atoms with Crippen LogP contribution in [0, 0.1) is 0 Å². The molecule has 0 atom stereocenters. The third kappa shape index (κ3) is 9.60. The summed E-state index contributed by atoms with van der Waals surface area (Å²) in [5, 5.41) is 2.97. The van der Waals surface area contributed by atoms with Gasteiger partial charge in [-0.15, -0.1) is 0 Å². The quantitative estimate of drug-likeness (QED) is 0.233. The number of halogens is 1. The summed E-state index contributed by atoms with van der Waals surface area (Å²) in [6.45, 7) is 4.91. The fourth-order valence-electron chi connectivity index (χ4n) is 2.14. The molecule has 0 saturated heterocycles. The number of amides is 1. The molecule has 0 aliphatic heterocycles. The predicted octanol–water partition coefficient (Wildman–Crippen LogP) is 3.04. The molecule has 0 aromatic heterocycles. The van der Waals surface area contributed by atoms with Gasteiger partial charge in [0, 0.05) is 38.1 Å². The molecule has 0 spiro atoms. The van der Waals surface area contributed by atoms with Crippen molar-refractivity contribution in [2.75, 3.05) is 26.6 Å². The summed E-state index contributed by atoms with van der Waals surface area (Å²) >= 11 is 5.75. The molecule has 1 amide bonds. The number of carbonyl (C=O) groups excluding carboxylic acids is 3. The van der Waals surface area contributed by atoms with Crippen molar-refractivity contribution in [3.63, 3.8) is 0 Å². The summed E-state index contributed by atoms with van der Waals surface area (Å²) in [4.78, 5) is 35.3. The molecule has 0 heterocycles. The van der Waals surface area contributed by atoms with Gasteiger partial charge in [0.2, 0.25) is 6.79 Å². The van der Waals surface area contributed by atoms with Gasteiger partial charge in [0.05, 0.1) is 0 Å². The molecule has 9 nitrogen and oxygen atoms in total. The van der Waals surface area contributed by atoms with Gasteiger partial charge < -0.3 is 29.0 Å². The molecule has 1 N–H and O–H groups in total. The lowest BCUT2D eigenvalue weighted by molar-refractivity contribution is -0.242. The number of rotatable bonds is 12. The van der Waals surface area contributed by atoms with Gasteiger partial charge in [-0.2, -0.15) is 0 Å². The van der Waals surface area contributed by atoms with E-state index in [2.05, 4.69) is 5.32 Å². The number of benzene rings is 1. The van der Waals surface area contributed by atoms with Crippen molar-refractivity contribution in [2.45, 2.75) is 39.4 Å². The smallest absolute Gasteiger partial charge is 0.410 e. The van der Waals surface area contributed by atoms with E-state index in [0.29, 0.717) is 17.2 Å². The first-order valence-corrected chi connectivity index (χ1v) is 9.50. The third-order valence-corrected chi connectivity index (χ3v) is 3.71. The summed E-state index contributed by atoms with van der Waals surface area (Å²) in [7, 11) is 0. The van der Waals surface area contributed by atoms with Crippen LogP contribution in [0.3, 0.4) is 0 Å². The zero-order chi connectivity index (χ0) is 21.7. The van der Waals surface area contributed by atoms with E-state index in [1.807, 2.05) is 0 Å². The fraction of sp³-hybridized carbons (Fsp3) is 0.526. The van der Waals surface area contributed by atoms with Crippen LogP contribution in [0.15, 0.2) is 24.3 Å². The van der Waals surface area contributed by atoms with E-state index in [-0.39, 0.29) is 26.2 Å². The molecule has 1 rings (SSSR count). The lowest BCUT2D eigenvalue weighted by Gasteiger charge is -2.26. The van der Waals surface area contributed by atoms with Crippen molar-refractivity contribution in [1.82, 2.24) is 5.32 Å². The van der Waals surface area contributed by atoms with Gasteiger partial charge in [-0.1, -0.05) is 11.6 Å². The number of carbonyl (C=O) groups is 3. The minimum Gasteiger partial charge on any atom is -0.427 e. The van der Waals surface area contributed by atoms with Gasteiger partial charge in [-0.25, -0.2) is 9.59 Å². The van der Waals surface area contributed by atoms with Crippen LogP contribution in [0.1, 0.15) is 33.6 Å². The van der Waals surface area contributed by atoms with E-state index in [0.717, 1.165) is 0 Å². The molecule has 1 aromatic carbocycles. The second-order valence-corrected chi connectivity index (χ2v) is 6.19. The van der Waals surface area contributed by atoms with Gasteiger partial charge >= 0.3 is 18.0 Å². The standard InChI is InChI=1S/C19H26ClNO8/c1-4-27-19(3,28-5-2)17(23)25-13-26-18(24)21-12-6-7-16(22)29-15-10-8-14(20)9-11-15/h8-11H,4-7,12-13H2,1-3H3,(H,21,24). The Morgan fingerprint density at radius 2 is 1.66 bits per heavy atom. The first-order valence-electron chi connectivity index (χ1n) is 9.12. The Hall–Kier alpha value is -2.36. The molecule has 0 bridgehead atoms. The highest BCUT2D eigenvalue weighted by Crippen LogP contribution is 2.16. The Kier molecular flexibility index (Phi) is 11.0. The Balaban J connectivity index is 2.19. The minimum atomic E-state index is -1.56. The van der Waals surface area contributed by atoms with Gasteiger partial charge in [0.25, 0.3) is 5.79 Å². The lowest BCUT2D eigenvalue weighted by Crippen LogP contribution is -2.43. The number of hydrogen-bond acceptors (Lipinski definition) is 8. The topological polar surface area (TPSA) is 109 Å². The monoisotopic (exact) mass is 431 g/mol. The highest BCUT2D eigenvalue weighted by molar-refractivity contribution is 6.30. The Bertz CT molecular complexity index is 659. The van der Waals surface area contributed by atoms with E-state index in [1.165, 1.54) is 6.92 Å². The number of hydrogen-bond donors (Lipinski definition) is 1. The molecule has 0 aliphatic carbocycles. The molecule has 0 saturated carbocycles. The second kappa shape index (κ2) is 13.0. The first kappa shape index (κ1) is 24.7. The number of esters is 2. The average Bonchev–Trinajstić information content (AvgIpc) is 2.67. The number of ether oxygens (including phenoxy) is 5. The van der Waals surface area contributed by atoms with Crippen LogP contribution in [-0.2, 0) is 28.5 Å². The molecular formula is C19H26ClNO8. The van der Waals surface area contributed by atoms with Gasteiger partial charge in [-0.05, 0) is 44.5 Å². The van der Waals surface area contributed by atoms with E-state index in [9.17, 15) is 14.4 Å². The first-order chi connectivity index (χ1) is 13.8. The Morgan fingerprint density at radius 3 is 2.24 bits per heavy atom. The van der Waals surface area contributed by atoms with Crippen LogP contribution < -0.4 is 10.1 Å². The molecule has 0 radical (unpaired) electrons. The summed E-state index contributed by atoms with van der Waals surface area (Å²) < 4.78 is 25.2. The summed E-state index contributed by atoms with van der Waals surface area (Å²) in [5.74, 6) is -2.42. The van der Waals surface area contributed by atoms with Gasteiger partial charge in [0.15, 0.2) is 0 Å². The fourth-order valence-corrected chi connectivity index (χ4v) is 2.26. The second-order valence-electron chi connectivity index (χ2n) is 5.75. The normalized spacial score (nSPS) is 10.9. The van der Waals surface area contributed by atoms with Crippen molar-refractivity contribution < 1.29 is 38.1 Å². The zero-order valence-electron chi connectivity index (χ0n) is 16.7. The largest absolute Gasteiger partial charge is 0.427 e. The van der Waals surface area contributed by atoms with Crippen molar-refractivity contribution >= 4 is 29.6 Å². The van der Waals surface area contributed by atoms with E-state index < -0.39 is 30.6 Å². The van der Waals surface area contributed by atoms with Crippen molar-refractivity contribution in [3.05, 3.63) is 29.3 Å². The SMILES string of the molecule is CCOC(C)(OCC)C(=O)OCOC(=O)NCCCC(=O)Oc1ccc(Cl)cc1.